The molecule has 2 aromatic rings. The highest BCUT2D eigenvalue weighted by atomic mass is 35.5. The van der Waals surface area contributed by atoms with Gasteiger partial charge in [-0.25, -0.2) is 5.06 Å². The van der Waals surface area contributed by atoms with Gasteiger partial charge in [-0.15, -0.1) is 0 Å². The molecule has 1 aromatic heterocycles. The van der Waals surface area contributed by atoms with Crippen molar-refractivity contribution < 1.29 is 19.2 Å². The highest BCUT2D eigenvalue weighted by molar-refractivity contribution is 6.33. The number of hydroxylamine groups is 2. The van der Waals surface area contributed by atoms with Crippen LogP contribution in [0.1, 0.15) is 59.6 Å². The lowest BCUT2D eigenvalue weighted by molar-refractivity contribution is -0.183. The molecular weight excluding hydrogens is 444 g/mol. The molecule has 2 heterocycles. The number of primary amides is 1. The molecule has 0 radical (unpaired) electrons. The number of halogens is 1. The molecule has 0 spiro atoms. The first-order valence-corrected chi connectivity index (χ1v) is 11.4. The van der Waals surface area contributed by atoms with Gasteiger partial charge in [0.1, 0.15) is 11.8 Å². The standard InChI is InChI=1S/C24H25ClN4O4/c25-21-6-5-19(10-20(21)23(27)30)32-14-15-1-3-17(4-2-15)24(31)29-22(7-8-33-29)18-9-16(11-26)12-28-13-18/h5-6,9-10,12-13,15,17,22H,1-4,7-8,14H2,(H2,27,30). The fourth-order valence-corrected chi connectivity index (χ4v) is 4.65. The molecule has 1 aliphatic heterocycles. The van der Waals surface area contributed by atoms with Crippen LogP contribution in [-0.4, -0.2) is 35.1 Å². The quantitative estimate of drug-likeness (QED) is 0.688. The third-order valence-electron chi connectivity index (χ3n) is 6.28. The maximum absolute atomic E-state index is 13.2. The number of nitriles is 1. The first kappa shape index (κ1) is 23.0. The van der Waals surface area contributed by atoms with E-state index >= 15 is 0 Å². The molecule has 0 bridgehead atoms. The highest BCUT2D eigenvalue weighted by Crippen LogP contribution is 2.36. The number of amides is 2. The number of aromatic nitrogens is 1. The van der Waals surface area contributed by atoms with Crippen LogP contribution in [-0.2, 0) is 9.63 Å². The molecular formula is C24H25ClN4O4. The van der Waals surface area contributed by atoms with Crippen molar-refractivity contribution in [2.75, 3.05) is 13.2 Å². The van der Waals surface area contributed by atoms with Crippen LogP contribution in [0.5, 0.6) is 5.75 Å². The Morgan fingerprint density at radius 1 is 1.21 bits per heavy atom. The molecule has 4 rings (SSSR count). The molecule has 2 N–H and O–H groups in total. The minimum Gasteiger partial charge on any atom is -0.493 e. The summed E-state index contributed by atoms with van der Waals surface area (Å²) in [5, 5.41) is 10.9. The van der Waals surface area contributed by atoms with Crippen molar-refractivity contribution in [3.05, 3.63) is 58.4 Å². The molecule has 1 aliphatic carbocycles. The number of pyridine rings is 1. The predicted octanol–water partition coefficient (Wildman–Crippen LogP) is 3.80. The van der Waals surface area contributed by atoms with Crippen LogP contribution < -0.4 is 10.5 Å². The second kappa shape index (κ2) is 10.2. The van der Waals surface area contributed by atoms with E-state index in [0.717, 1.165) is 31.2 Å². The van der Waals surface area contributed by atoms with Crippen molar-refractivity contribution in [3.8, 4) is 11.8 Å². The molecule has 2 amide bonds. The topological polar surface area (TPSA) is 119 Å². The summed E-state index contributed by atoms with van der Waals surface area (Å²) < 4.78 is 5.86. The van der Waals surface area contributed by atoms with Crippen LogP contribution in [0.15, 0.2) is 36.7 Å². The van der Waals surface area contributed by atoms with Gasteiger partial charge in [0.2, 0.25) is 11.8 Å². The van der Waals surface area contributed by atoms with Gasteiger partial charge >= 0.3 is 0 Å². The number of hydrogen-bond acceptors (Lipinski definition) is 6. The fourth-order valence-electron chi connectivity index (χ4n) is 4.44. The number of benzene rings is 1. The zero-order valence-corrected chi connectivity index (χ0v) is 18.8. The number of hydrogen-bond donors (Lipinski definition) is 1. The van der Waals surface area contributed by atoms with E-state index in [1.54, 1.807) is 30.5 Å². The van der Waals surface area contributed by atoms with Crippen LogP contribution in [0.4, 0.5) is 0 Å². The van der Waals surface area contributed by atoms with E-state index in [-0.39, 0.29) is 23.4 Å². The van der Waals surface area contributed by atoms with E-state index in [0.29, 0.717) is 41.9 Å². The summed E-state index contributed by atoms with van der Waals surface area (Å²) in [5.74, 6) is 0.150. The van der Waals surface area contributed by atoms with Gasteiger partial charge < -0.3 is 10.5 Å². The van der Waals surface area contributed by atoms with Crippen molar-refractivity contribution >= 4 is 23.4 Å². The second-order valence-electron chi connectivity index (χ2n) is 8.46. The lowest BCUT2D eigenvalue weighted by Gasteiger charge is -2.31. The minimum absolute atomic E-state index is 0.0111. The third-order valence-corrected chi connectivity index (χ3v) is 6.61. The second-order valence-corrected chi connectivity index (χ2v) is 8.86. The highest BCUT2D eigenvalue weighted by Gasteiger charge is 2.37. The first-order valence-electron chi connectivity index (χ1n) is 11.0. The van der Waals surface area contributed by atoms with Crippen LogP contribution in [0.2, 0.25) is 5.02 Å². The first-order chi connectivity index (χ1) is 16.0. The molecule has 2 aliphatic rings. The summed E-state index contributed by atoms with van der Waals surface area (Å²) in [6.07, 6.45) is 7.10. The maximum Gasteiger partial charge on any atom is 0.250 e. The largest absolute Gasteiger partial charge is 0.493 e. The maximum atomic E-state index is 13.2. The van der Waals surface area contributed by atoms with E-state index in [2.05, 4.69) is 11.1 Å². The minimum atomic E-state index is -0.595. The summed E-state index contributed by atoms with van der Waals surface area (Å²) in [6.45, 7) is 0.959. The van der Waals surface area contributed by atoms with Crippen LogP contribution in [0.3, 0.4) is 0 Å². The van der Waals surface area contributed by atoms with E-state index in [9.17, 15) is 9.59 Å². The van der Waals surface area contributed by atoms with Gasteiger partial charge in [0.05, 0.1) is 35.4 Å². The Balaban J connectivity index is 1.31. The number of nitrogens with zero attached hydrogens (tertiary/aromatic N) is 3. The van der Waals surface area contributed by atoms with Gasteiger partial charge in [0, 0.05) is 24.7 Å². The normalized spacial score (nSPS) is 22.5. The van der Waals surface area contributed by atoms with Gasteiger partial charge in [0.25, 0.3) is 0 Å². The zero-order chi connectivity index (χ0) is 23.4. The molecule has 2 fully saturated rings. The number of carbonyl (C=O) groups excluding carboxylic acids is 2. The smallest absolute Gasteiger partial charge is 0.250 e. The Labute approximate surface area is 197 Å². The van der Waals surface area contributed by atoms with Gasteiger partial charge in [0.15, 0.2) is 0 Å². The number of carbonyl (C=O) groups is 2. The van der Waals surface area contributed by atoms with E-state index < -0.39 is 5.91 Å². The van der Waals surface area contributed by atoms with E-state index in [4.69, 9.17) is 32.2 Å². The zero-order valence-electron chi connectivity index (χ0n) is 18.1. The monoisotopic (exact) mass is 468 g/mol. The molecule has 1 unspecified atom stereocenters. The van der Waals surface area contributed by atoms with Crippen LogP contribution in [0.25, 0.3) is 0 Å². The Morgan fingerprint density at radius 2 is 2.00 bits per heavy atom. The van der Waals surface area contributed by atoms with Gasteiger partial charge in [-0.3, -0.25) is 19.4 Å². The number of ether oxygens (including phenoxy) is 1. The average molecular weight is 469 g/mol. The van der Waals surface area contributed by atoms with E-state index in [1.807, 2.05) is 0 Å². The van der Waals surface area contributed by atoms with Crippen LogP contribution in [0, 0.1) is 23.2 Å². The van der Waals surface area contributed by atoms with Gasteiger partial charge in [-0.05, 0) is 61.4 Å². The molecule has 1 saturated heterocycles. The third kappa shape index (κ3) is 5.27. The van der Waals surface area contributed by atoms with Crippen molar-refractivity contribution in [1.29, 1.82) is 5.26 Å². The predicted molar refractivity (Wildman–Crippen MR) is 120 cm³/mol. The molecule has 172 valence electrons. The molecule has 1 aromatic carbocycles. The summed E-state index contributed by atoms with van der Waals surface area (Å²) in [5.41, 5.74) is 6.86. The molecule has 1 saturated carbocycles. The Morgan fingerprint density at radius 3 is 2.73 bits per heavy atom. The Hall–Kier alpha value is -3.15. The number of nitrogens with two attached hydrogens (primary N) is 1. The SMILES string of the molecule is N#Cc1cncc(C2CCON2C(=O)C2CCC(COc3ccc(Cl)c(C(N)=O)c3)CC2)c1. The van der Waals surface area contributed by atoms with Gasteiger partial charge in [-0.1, -0.05) is 11.6 Å². The van der Waals surface area contributed by atoms with Gasteiger partial charge in [-0.2, -0.15) is 5.26 Å². The van der Waals surface area contributed by atoms with E-state index in [1.165, 1.54) is 11.3 Å². The van der Waals surface area contributed by atoms with Crippen molar-refractivity contribution in [2.24, 2.45) is 17.6 Å². The Bertz CT molecular complexity index is 1080. The molecule has 8 nitrogen and oxygen atoms in total. The average Bonchev–Trinajstić information content (AvgIpc) is 3.33. The molecule has 1 atom stereocenters. The molecule has 9 heteroatoms. The number of rotatable bonds is 6. The van der Waals surface area contributed by atoms with Crippen molar-refractivity contribution in [3.63, 3.8) is 0 Å². The van der Waals surface area contributed by atoms with Crippen molar-refractivity contribution in [2.45, 2.75) is 38.1 Å². The van der Waals surface area contributed by atoms with Crippen LogP contribution >= 0.6 is 11.6 Å². The summed E-state index contributed by atoms with van der Waals surface area (Å²) >= 11 is 5.98. The lowest BCUT2D eigenvalue weighted by Crippen LogP contribution is -2.37. The molecule has 33 heavy (non-hydrogen) atoms. The lowest BCUT2D eigenvalue weighted by atomic mass is 9.81. The van der Waals surface area contributed by atoms with Crippen molar-refractivity contribution in [1.82, 2.24) is 10.0 Å². The summed E-state index contributed by atoms with van der Waals surface area (Å²) in [4.78, 5) is 34.4. The fraction of sp³-hybridized carbons (Fsp3) is 0.417. The summed E-state index contributed by atoms with van der Waals surface area (Å²) in [7, 11) is 0. The summed E-state index contributed by atoms with van der Waals surface area (Å²) in [6, 6.07) is 8.50. The Kier molecular flexibility index (Phi) is 7.11.